The molecule has 0 bridgehead atoms. The summed E-state index contributed by atoms with van der Waals surface area (Å²) >= 11 is 0. The predicted octanol–water partition coefficient (Wildman–Crippen LogP) is 3.02. The number of hydrogen-bond acceptors (Lipinski definition) is 4. The fourth-order valence-electron chi connectivity index (χ4n) is 2.24. The Bertz CT molecular complexity index is 791. The molecule has 0 unspecified atom stereocenters. The van der Waals surface area contributed by atoms with Gasteiger partial charge in [-0.1, -0.05) is 36.4 Å². The molecule has 0 aliphatic heterocycles. The minimum absolute atomic E-state index is 0.146. The van der Waals surface area contributed by atoms with Gasteiger partial charge in [-0.15, -0.1) is 0 Å². The van der Waals surface area contributed by atoms with E-state index in [-0.39, 0.29) is 5.91 Å². The Balaban J connectivity index is 1.59. The molecule has 2 N–H and O–H groups in total. The molecule has 0 spiro atoms. The number of amides is 1. The van der Waals surface area contributed by atoms with E-state index in [1.54, 1.807) is 24.7 Å². The van der Waals surface area contributed by atoms with Gasteiger partial charge in [-0.25, -0.2) is 0 Å². The maximum atomic E-state index is 12.3. The zero-order chi connectivity index (χ0) is 16.6. The molecule has 0 radical (unpaired) electrons. The van der Waals surface area contributed by atoms with E-state index in [0.717, 1.165) is 16.9 Å². The van der Waals surface area contributed by atoms with Crippen molar-refractivity contribution in [1.29, 1.82) is 0 Å². The summed E-state index contributed by atoms with van der Waals surface area (Å²) in [5, 5.41) is 6.12. The standard InChI is InChI=1S/C19H18N4O/c24-19(23-11-15-6-2-1-3-7-15)16-10-18(13-20-12-16)22-14-17-8-4-5-9-21-17/h1-10,12-13,22H,11,14H2,(H,23,24). The average molecular weight is 318 g/mol. The van der Waals surface area contributed by atoms with Crippen molar-refractivity contribution in [2.75, 3.05) is 5.32 Å². The molecule has 5 heteroatoms. The first-order chi connectivity index (χ1) is 11.8. The molecule has 0 atom stereocenters. The highest BCUT2D eigenvalue weighted by Gasteiger charge is 2.07. The third-order valence-electron chi connectivity index (χ3n) is 3.50. The summed E-state index contributed by atoms with van der Waals surface area (Å²) in [5.74, 6) is -0.146. The maximum absolute atomic E-state index is 12.3. The smallest absolute Gasteiger partial charge is 0.253 e. The van der Waals surface area contributed by atoms with Crippen LogP contribution in [0.3, 0.4) is 0 Å². The molecule has 3 aromatic rings. The summed E-state index contributed by atoms with van der Waals surface area (Å²) in [4.78, 5) is 20.6. The maximum Gasteiger partial charge on any atom is 0.253 e. The minimum Gasteiger partial charge on any atom is -0.378 e. The van der Waals surface area contributed by atoms with Gasteiger partial charge in [0.25, 0.3) is 5.91 Å². The van der Waals surface area contributed by atoms with Crippen LogP contribution >= 0.6 is 0 Å². The van der Waals surface area contributed by atoms with E-state index in [0.29, 0.717) is 18.7 Å². The Hall–Kier alpha value is -3.21. The number of carbonyl (C=O) groups excluding carboxylic acids is 1. The first-order valence-electron chi connectivity index (χ1n) is 7.72. The van der Waals surface area contributed by atoms with Gasteiger partial charge in [-0.3, -0.25) is 14.8 Å². The molecule has 120 valence electrons. The van der Waals surface area contributed by atoms with Crippen LogP contribution in [0.1, 0.15) is 21.6 Å². The number of aromatic nitrogens is 2. The van der Waals surface area contributed by atoms with Crippen molar-refractivity contribution in [3.8, 4) is 0 Å². The van der Waals surface area contributed by atoms with Crippen LogP contribution in [0.15, 0.2) is 73.2 Å². The molecule has 2 heterocycles. The Morgan fingerprint density at radius 1 is 0.958 bits per heavy atom. The second-order valence-electron chi connectivity index (χ2n) is 5.31. The first-order valence-corrected chi connectivity index (χ1v) is 7.72. The SMILES string of the molecule is O=C(NCc1ccccc1)c1cncc(NCc2ccccn2)c1. The summed E-state index contributed by atoms with van der Waals surface area (Å²) in [6, 6.07) is 17.3. The van der Waals surface area contributed by atoms with E-state index in [1.807, 2.05) is 48.5 Å². The third kappa shape index (κ3) is 4.39. The second-order valence-corrected chi connectivity index (χ2v) is 5.31. The molecular formula is C19H18N4O. The third-order valence-corrected chi connectivity index (χ3v) is 3.50. The van der Waals surface area contributed by atoms with Gasteiger partial charge < -0.3 is 10.6 Å². The Labute approximate surface area is 140 Å². The minimum atomic E-state index is -0.146. The summed E-state index contributed by atoms with van der Waals surface area (Å²) in [6.45, 7) is 1.07. The molecule has 0 saturated heterocycles. The van der Waals surface area contributed by atoms with Gasteiger partial charge in [0.1, 0.15) is 0 Å². The molecule has 3 rings (SSSR count). The Morgan fingerprint density at radius 2 is 1.79 bits per heavy atom. The molecule has 0 saturated carbocycles. The topological polar surface area (TPSA) is 66.9 Å². The number of anilines is 1. The van der Waals surface area contributed by atoms with Crippen LogP contribution in [-0.2, 0) is 13.1 Å². The first kappa shape index (κ1) is 15.7. The van der Waals surface area contributed by atoms with Gasteiger partial charge in [0.2, 0.25) is 0 Å². The molecule has 1 amide bonds. The zero-order valence-corrected chi connectivity index (χ0v) is 13.1. The van der Waals surface area contributed by atoms with Gasteiger partial charge in [-0.2, -0.15) is 0 Å². The van der Waals surface area contributed by atoms with Crippen molar-refractivity contribution in [2.24, 2.45) is 0 Å². The highest BCUT2D eigenvalue weighted by atomic mass is 16.1. The fourth-order valence-corrected chi connectivity index (χ4v) is 2.24. The molecule has 1 aromatic carbocycles. The van der Waals surface area contributed by atoms with Gasteiger partial charge >= 0.3 is 0 Å². The van der Waals surface area contributed by atoms with E-state index in [1.165, 1.54) is 0 Å². The van der Waals surface area contributed by atoms with E-state index < -0.39 is 0 Å². The van der Waals surface area contributed by atoms with Gasteiger partial charge in [0.15, 0.2) is 0 Å². The summed E-state index contributed by atoms with van der Waals surface area (Å²) in [6.07, 6.45) is 5.01. The number of pyridine rings is 2. The van der Waals surface area contributed by atoms with Crippen molar-refractivity contribution >= 4 is 11.6 Å². The summed E-state index contributed by atoms with van der Waals surface area (Å²) < 4.78 is 0. The molecule has 0 fully saturated rings. The molecule has 24 heavy (non-hydrogen) atoms. The molecule has 0 aliphatic carbocycles. The second kappa shape index (κ2) is 7.87. The fraction of sp³-hybridized carbons (Fsp3) is 0.105. The van der Waals surface area contributed by atoms with Crippen LogP contribution in [0.2, 0.25) is 0 Å². The number of benzene rings is 1. The van der Waals surface area contributed by atoms with E-state index in [9.17, 15) is 4.79 Å². The highest BCUT2D eigenvalue weighted by molar-refractivity contribution is 5.94. The number of carbonyl (C=O) groups is 1. The Morgan fingerprint density at radius 3 is 2.58 bits per heavy atom. The van der Waals surface area contributed by atoms with Crippen LogP contribution in [0.4, 0.5) is 5.69 Å². The lowest BCUT2D eigenvalue weighted by molar-refractivity contribution is 0.0950. The number of nitrogens with zero attached hydrogens (tertiary/aromatic N) is 2. The van der Waals surface area contributed by atoms with E-state index in [4.69, 9.17) is 0 Å². The predicted molar refractivity (Wildman–Crippen MR) is 93.4 cm³/mol. The van der Waals surface area contributed by atoms with Crippen molar-refractivity contribution in [2.45, 2.75) is 13.1 Å². The number of hydrogen-bond donors (Lipinski definition) is 2. The van der Waals surface area contributed by atoms with Crippen LogP contribution in [0.5, 0.6) is 0 Å². The van der Waals surface area contributed by atoms with Crippen molar-refractivity contribution in [1.82, 2.24) is 15.3 Å². The van der Waals surface area contributed by atoms with E-state index in [2.05, 4.69) is 20.6 Å². The van der Waals surface area contributed by atoms with Gasteiger partial charge in [-0.05, 0) is 23.8 Å². The van der Waals surface area contributed by atoms with E-state index >= 15 is 0 Å². The lowest BCUT2D eigenvalue weighted by Gasteiger charge is -2.08. The number of nitrogens with one attached hydrogen (secondary N) is 2. The Kier molecular flexibility index (Phi) is 5.14. The van der Waals surface area contributed by atoms with Crippen molar-refractivity contribution in [3.63, 3.8) is 0 Å². The normalized spacial score (nSPS) is 10.2. The highest BCUT2D eigenvalue weighted by Crippen LogP contribution is 2.10. The van der Waals surface area contributed by atoms with Gasteiger partial charge in [0, 0.05) is 25.1 Å². The van der Waals surface area contributed by atoms with Crippen LogP contribution < -0.4 is 10.6 Å². The lowest BCUT2D eigenvalue weighted by Crippen LogP contribution is -2.23. The van der Waals surface area contributed by atoms with Crippen LogP contribution in [0.25, 0.3) is 0 Å². The molecule has 2 aromatic heterocycles. The van der Waals surface area contributed by atoms with Crippen molar-refractivity contribution < 1.29 is 4.79 Å². The van der Waals surface area contributed by atoms with Crippen LogP contribution in [-0.4, -0.2) is 15.9 Å². The molecular weight excluding hydrogens is 300 g/mol. The van der Waals surface area contributed by atoms with Gasteiger partial charge in [0.05, 0.1) is 23.5 Å². The van der Waals surface area contributed by atoms with Crippen molar-refractivity contribution in [3.05, 3.63) is 90.0 Å². The quantitative estimate of drug-likeness (QED) is 0.733. The lowest BCUT2D eigenvalue weighted by atomic mass is 10.2. The monoisotopic (exact) mass is 318 g/mol. The van der Waals surface area contributed by atoms with Crippen LogP contribution in [0, 0.1) is 0 Å². The zero-order valence-electron chi connectivity index (χ0n) is 13.1. The summed E-state index contributed by atoms with van der Waals surface area (Å²) in [7, 11) is 0. The number of rotatable bonds is 6. The molecule has 5 nitrogen and oxygen atoms in total. The summed E-state index contributed by atoms with van der Waals surface area (Å²) in [5.41, 5.74) is 3.30. The molecule has 0 aliphatic rings. The largest absolute Gasteiger partial charge is 0.378 e. The average Bonchev–Trinajstić information content (AvgIpc) is 2.66.